The number of rotatable bonds is 6. The molecule has 160 valence electrons. The minimum Gasteiger partial charge on any atom is -0.496 e. The highest BCUT2D eigenvalue weighted by atomic mass is 32.2. The zero-order valence-corrected chi connectivity index (χ0v) is 18.3. The van der Waals surface area contributed by atoms with Gasteiger partial charge >= 0.3 is 0 Å². The first-order valence-corrected chi connectivity index (χ1v) is 11.3. The van der Waals surface area contributed by atoms with Crippen molar-refractivity contribution in [2.75, 3.05) is 18.9 Å². The number of sulfonamides is 1. The van der Waals surface area contributed by atoms with Gasteiger partial charge in [0.25, 0.3) is 15.9 Å². The highest BCUT2D eigenvalue weighted by molar-refractivity contribution is 7.92. The van der Waals surface area contributed by atoms with Crippen molar-refractivity contribution in [3.63, 3.8) is 0 Å². The van der Waals surface area contributed by atoms with E-state index in [0.717, 1.165) is 28.4 Å². The summed E-state index contributed by atoms with van der Waals surface area (Å²) >= 11 is 0. The van der Waals surface area contributed by atoms with E-state index in [0.29, 0.717) is 11.4 Å². The molecule has 0 saturated carbocycles. The molecule has 4 rings (SSSR count). The molecule has 2 N–H and O–H groups in total. The van der Waals surface area contributed by atoms with Crippen molar-refractivity contribution >= 4 is 43.4 Å². The molecule has 1 heterocycles. The maximum atomic E-state index is 13.0. The Hall–Kier alpha value is -3.52. The summed E-state index contributed by atoms with van der Waals surface area (Å²) in [5.41, 5.74) is 2.74. The highest BCUT2D eigenvalue weighted by Crippen LogP contribution is 2.32. The number of methoxy groups -OCH3 is 1. The van der Waals surface area contributed by atoms with Crippen LogP contribution in [0.5, 0.6) is 5.75 Å². The van der Waals surface area contributed by atoms with Crippen LogP contribution in [0.25, 0.3) is 21.8 Å². The number of para-hydroxylation sites is 1. The Morgan fingerprint density at radius 1 is 1.00 bits per heavy atom. The number of carbonyl (C=O) groups excluding carboxylic acids is 1. The first-order chi connectivity index (χ1) is 14.9. The van der Waals surface area contributed by atoms with Crippen molar-refractivity contribution in [1.82, 2.24) is 9.88 Å². The van der Waals surface area contributed by atoms with Gasteiger partial charge in [-0.1, -0.05) is 18.2 Å². The van der Waals surface area contributed by atoms with Crippen LogP contribution in [0.15, 0.2) is 65.6 Å². The summed E-state index contributed by atoms with van der Waals surface area (Å²) in [7, 11) is -1.01. The van der Waals surface area contributed by atoms with Crippen LogP contribution >= 0.6 is 0 Å². The van der Waals surface area contributed by atoms with Gasteiger partial charge in [0.05, 0.1) is 17.6 Å². The lowest BCUT2D eigenvalue weighted by Crippen LogP contribution is -2.20. The van der Waals surface area contributed by atoms with Gasteiger partial charge in [-0.25, -0.2) is 8.42 Å². The number of nitrogens with zero attached hydrogens (tertiary/aromatic N) is 1. The molecule has 0 aliphatic rings. The maximum absolute atomic E-state index is 13.0. The van der Waals surface area contributed by atoms with Crippen LogP contribution < -0.4 is 14.8 Å². The van der Waals surface area contributed by atoms with Crippen molar-refractivity contribution in [2.24, 2.45) is 0 Å². The number of ether oxygens (including phenoxy) is 1. The minimum atomic E-state index is -3.92. The number of amides is 1. The molecule has 4 aromatic rings. The van der Waals surface area contributed by atoms with E-state index in [-0.39, 0.29) is 10.5 Å². The monoisotopic (exact) mass is 437 g/mol. The van der Waals surface area contributed by atoms with Crippen LogP contribution in [0.2, 0.25) is 0 Å². The van der Waals surface area contributed by atoms with Gasteiger partial charge < -0.3 is 14.6 Å². The van der Waals surface area contributed by atoms with E-state index in [1.54, 1.807) is 6.07 Å². The Labute approximate surface area is 180 Å². The Kier molecular flexibility index (Phi) is 5.32. The number of aryl methyl sites for hydroxylation is 1. The fraction of sp³-hybridized carbons (Fsp3) is 0.174. The van der Waals surface area contributed by atoms with E-state index in [4.69, 9.17) is 4.74 Å². The quantitative estimate of drug-likeness (QED) is 0.477. The number of anilines is 1. The molecular formula is C23H23N3O4S. The number of benzene rings is 3. The van der Waals surface area contributed by atoms with Gasteiger partial charge in [0.2, 0.25) is 0 Å². The van der Waals surface area contributed by atoms with Gasteiger partial charge in [-0.2, -0.15) is 0 Å². The lowest BCUT2D eigenvalue weighted by molar-refractivity contribution is 0.0960. The smallest absolute Gasteiger partial charge is 0.261 e. The molecule has 0 atom stereocenters. The van der Waals surface area contributed by atoms with Crippen LogP contribution in [0.3, 0.4) is 0 Å². The Morgan fingerprint density at radius 3 is 2.45 bits per heavy atom. The summed E-state index contributed by atoms with van der Waals surface area (Å²) in [5, 5.41) is 4.53. The number of fused-ring (bicyclic) bond motifs is 3. The van der Waals surface area contributed by atoms with Crippen molar-refractivity contribution in [1.29, 1.82) is 0 Å². The summed E-state index contributed by atoms with van der Waals surface area (Å²) in [4.78, 5) is 12.1. The number of hydrogen-bond acceptors (Lipinski definition) is 4. The van der Waals surface area contributed by atoms with E-state index < -0.39 is 15.9 Å². The first-order valence-electron chi connectivity index (χ1n) is 9.83. The fourth-order valence-electron chi connectivity index (χ4n) is 3.84. The number of aromatic nitrogens is 1. The molecule has 8 heteroatoms. The van der Waals surface area contributed by atoms with Crippen molar-refractivity contribution in [3.8, 4) is 5.75 Å². The third kappa shape index (κ3) is 3.59. The van der Waals surface area contributed by atoms with Gasteiger partial charge in [0.1, 0.15) is 5.75 Å². The van der Waals surface area contributed by atoms with E-state index in [2.05, 4.69) is 27.6 Å². The van der Waals surface area contributed by atoms with Gasteiger partial charge in [-0.05, 0) is 49.4 Å². The van der Waals surface area contributed by atoms with Crippen molar-refractivity contribution in [3.05, 3.63) is 66.2 Å². The van der Waals surface area contributed by atoms with Crippen LogP contribution in [0, 0.1) is 0 Å². The molecule has 0 radical (unpaired) electrons. The van der Waals surface area contributed by atoms with Gasteiger partial charge in [0.15, 0.2) is 0 Å². The molecule has 0 fully saturated rings. The molecule has 31 heavy (non-hydrogen) atoms. The van der Waals surface area contributed by atoms with Crippen molar-refractivity contribution < 1.29 is 17.9 Å². The number of nitrogens with one attached hydrogen (secondary N) is 2. The topological polar surface area (TPSA) is 89.4 Å². The van der Waals surface area contributed by atoms with E-state index in [9.17, 15) is 13.2 Å². The Bertz CT molecular complexity index is 1410. The zero-order valence-electron chi connectivity index (χ0n) is 17.5. The molecule has 0 bridgehead atoms. The normalized spacial score (nSPS) is 11.6. The molecule has 0 spiro atoms. The average Bonchev–Trinajstić information content (AvgIpc) is 3.10. The molecular weight excluding hydrogens is 414 g/mol. The lowest BCUT2D eigenvalue weighted by Gasteiger charge is -2.12. The molecule has 0 saturated heterocycles. The second-order valence-corrected chi connectivity index (χ2v) is 8.72. The zero-order chi connectivity index (χ0) is 22.2. The van der Waals surface area contributed by atoms with Gasteiger partial charge in [-0.15, -0.1) is 0 Å². The van der Waals surface area contributed by atoms with Gasteiger partial charge in [0, 0.05) is 41.1 Å². The summed E-state index contributed by atoms with van der Waals surface area (Å²) in [5.74, 6) is -0.130. The predicted molar refractivity (Wildman–Crippen MR) is 122 cm³/mol. The molecule has 1 aromatic heterocycles. The second kappa shape index (κ2) is 7.96. The highest BCUT2D eigenvalue weighted by Gasteiger charge is 2.20. The van der Waals surface area contributed by atoms with Crippen LogP contribution in [-0.2, 0) is 16.6 Å². The molecule has 0 unspecified atom stereocenters. The summed E-state index contributed by atoms with van der Waals surface area (Å²) in [6, 6.07) is 17.7. The second-order valence-electron chi connectivity index (χ2n) is 7.04. The number of carbonyl (C=O) groups is 1. The largest absolute Gasteiger partial charge is 0.496 e. The summed E-state index contributed by atoms with van der Waals surface area (Å²) in [6.07, 6.45) is 0. The standard InChI is InChI=1S/C23H23N3O4S/c1-4-26-20-8-6-5-7-17(20)18-13-15(9-11-21(18)26)25-31(28,29)16-10-12-22(30-3)19(14-16)23(27)24-2/h5-14,25H,4H2,1-3H3,(H,24,27). The average molecular weight is 438 g/mol. The summed E-state index contributed by atoms with van der Waals surface area (Å²) < 4.78 is 36.1. The maximum Gasteiger partial charge on any atom is 0.261 e. The summed E-state index contributed by atoms with van der Waals surface area (Å²) in [6.45, 7) is 2.89. The van der Waals surface area contributed by atoms with Crippen molar-refractivity contribution in [2.45, 2.75) is 18.4 Å². The fourth-order valence-corrected chi connectivity index (χ4v) is 4.91. The lowest BCUT2D eigenvalue weighted by atomic mass is 10.1. The van der Waals surface area contributed by atoms with Crippen LogP contribution in [0.4, 0.5) is 5.69 Å². The molecule has 0 aliphatic carbocycles. The SMILES string of the molecule is CCn1c2ccccc2c2cc(NS(=O)(=O)c3ccc(OC)c(C(=O)NC)c3)ccc21. The first kappa shape index (κ1) is 20.7. The van der Waals surface area contributed by atoms with Gasteiger partial charge in [-0.3, -0.25) is 9.52 Å². The predicted octanol–water partition coefficient (Wildman–Crippen LogP) is 3.98. The molecule has 3 aromatic carbocycles. The molecule has 1 amide bonds. The van der Waals surface area contributed by atoms with E-state index in [1.807, 2.05) is 30.3 Å². The Morgan fingerprint density at radius 2 is 1.74 bits per heavy atom. The van der Waals surface area contributed by atoms with E-state index >= 15 is 0 Å². The van der Waals surface area contributed by atoms with E-state index in [1.165, 1.54) is 32.4 Å². The minimum absolute atomic E-state index is 0.0250. The number of hydrogen-bond donors (Lipinski definition) is 2. The van der Waals surface area contributed by atoms with Crippen LogP contribution in [-0.4, -0.2) is 33.0 Å². The molecule has 7 nitrogen and oxygen atoms in total. The third-order valence-electron chi connectivity index (χ3n) is 5.29. The Balaban J connectivity index is 1.76. The third-order valence-corrected chi connectivity index (χ3v) is 6.67. The van der Waals surface area contributed by atoms with Crippen LogP contribution in [0.1, 0.15) is 17.3 Å². The molecule has 0 aliphatic heterocycles.